The monoisotopic (exact) mass is 262 g/mol. The maximum atomic E-state index is 11.1. The molecule has 0 aliphatic carbocycles. The van der Waals surface area contributed by atoms with Crippen LogP contribution in [0, 0.1) is 0 Å². The van der Waals surface area contributed by atoms with Crippen LogP contribution < -0.4 is 5.32 Å². The first-order valence-corrected chi connectivity index (χ1v) is 6.58. The maximum Gasteiger partial charge on any atom is 0.330 e. The van der Waals surface area contributed by atoms with E-state index in [1.165, 1.54) is 6.08 Å². The maximum absolute atomic E-state index is 11.1. The van der Waals surface area contributed by atoms with E-state index in [0.29, 0.717) is 13.2 Å². The van der Waals surface area contributed by atoms with Gasteiger partial charge in [-0.25, -0.2) is 9.78 Å². The largest absolute Gasteiger partial charge is 0.463 e. The highest BCUT2D eigenvalue weighted by Crippen LogP contribution is 2.21. The lowest BCUT2D eigenvalue weighted by molar-refractivity contribution is -0.137. The van der Waals surface area contributed by atoms with Crippen molar-refractivity contribution >= 4 is 33.2 Å². The summed E-state index contributed by atoms with van der Waals surface area (Å²) >= 11 is 1.61. The number of fused-ring (bicyclic) bond motifs is 1. The molecule has 4 nitrogen and oxygen atoms in total. The summed E-state index contributed by atoms with van der Waals surface area (Å²) in [5.74, 6) is -0.308. The zero-order chi connectivity index (χ0) is 12.8. The summed E-state index contributed by atoms with van der Waals surface area (Å²) in [6, 6.07) is 5.99. The van der Waals surface area contributed by atoms with Gasteiger partial charge in [-0.15, -0.1) is 11.3 Å². The van der Waals surface area contributed by atoms with Crippen molar-refractivity contribution in [3.8, 4) is 0 Å². The van der Waals surface area contributed by atoms with Gasteiger partial charge in [-0.05, 0) is 25.1 Å². The second-order valence-corrected chi connectivity index (χ2v) is 4.46. The Morgan fingerprint density at radius 3 is 3.28 bits per heavy atom. The van der Waals surface area contributed by atoms with Crippen LogP contribution in [0.5, 0.6) is 0 Å². The van der Waals surface area contributed by atoms with E-state index in [9.17, 15) is 4.79 Å². The Bertz CT molecular complexity index is 563. The predicted molar refractivity (Wildman–Crippen MR) is 73.9 cm³/mol. The Hall–Kier alpha value is -1.88. The molecule has 5 heteroatoms. The molecular formula is C13H14N2O2S. The van der Waals surface area contributed by atoms with Crippen LogP contribution in [0.25, 0.3) is 10.2 Å². The van der Waals surface area contributed by atoms with Crippen LogP contribution in [-0.2, 0) is 9.53 Å². The Balaban J connectivity index is 1.88. The van der Waals surface area contributed by atoms with Gasteiger partial charge in [0, 0.05) is 18.3 Å². The summed E-state index contributed by atoms with van der Waals surface area (Å²) in [6.07, 6.45) is 3.18. The van der Waals surface area contributed by atoms with Crippen LogP contribution >= 0.6 is 11.3 Å². The van der Waals surface area contributed by atoms with Gasteiger partial charge in [0.15, 0.2) is 0 Å². The highest BCUT2D eigenvalue weighted by Gasteiger charge is 1.97. The molecule has 1 aromatic carbocycles. The van der Waals surface area contributed by atoms with E-state index < -0.39 is 0 Å². The number of ether oxygens (including phenoxy) is 1. The van der Waals surface area contributed by atoms with E-state index in [0.717, 1.165) is 15.9 Å². The van der Waals surface area contributed by atoms with Crippen molar-refractivity contribution in [1.29, 1.82) is 0 Å². The number of esters is 1. The first-order valence-electron chi connectivity index (χ1n) is 5.70. The van der Waals surface area contributed by atoms with Crippen molar-refractivity contribution in [1.82, 2.24) is 4.98 Å². The molecule has 2 rings (SSSR count). The zero-order valence-electron chi connectivity index (χ0n) is 10.1. The minimum absolute atomic E-state index is 0.308. The minimum atomic E-state index is -0.308. The molecule has 1 heterocycles. The fourth-order valence-corrected chi connectivity index (χ4v) is 2.20. The van der Waals surface area contributed by atoms with E-state index in [1.807, 2.05) is 23.7 Å². The lowest BCUT2D eigenvalue weighted by atomic mass is 10.3. The molecule has 0 spiro atoms. The molecule has 0 atom stereocenters. The molecule has 0 unspecified atom stereocenters. The predicted octanol–water partition coefficient (Wildman–Crippen LogP) is 2.83. The van der Waals surface area contributed by atoms with Crippen LogP contribution in [0.3, 0.4) is 0 Å². The average Bonchev–Trinajstić information content (AvgIpc) is 2.82. The third-order valence-electron chi connectivity index (χ3n) is 2.30. The molecule has 0 fully saturated rings. The van der Waals surface area contributed by atoms with Gasteiger partial charge in [-0.3, -0.25) is 0 Å². The number of hydrogen-bond donors (Lipinski definition) is 1. The van der Waals surface area contributed by atoms with Gasteiger partial charge in [-0.2, -0.15) is 0 Å². The van der Waals surface area contributed by atoms with E-state index in [4.69, 9.17) is 4.74 Å². The Kier molecular flexibility index (Phi) is 4.30. The molecule has 0 amide bonds. The van der Waals surface area contributed by atoms with E-state index in [2.05, 4.69) is 10.3 Å². The number of benzene rings is 1. The number of nitrogens with zero attached hydrogens (tertiary/aromatic N) is 1. The lowest BCUT2D eigenvalue weighted by Gasteiger charge is -2.02. The summed E-state index contributed by atoms with van der Waals surface area (Å²) in [4.78, 5) is 15.3. The number of carbonyl (C=O) groups excluding carboxylic acids is 1. The van der Waals surface area contributed by atoms with Crippen molar-refractivity contribution in [2.45, 2.75) is 6.92 Å². The summed E-state index contributed by atoms with van der Waals surface area (Å²) in [5, 5.41) is 3.21. The molecule has 1 aromatic heterocycles. The van der Waals surface area contributed by atoms with E-state index in [-0.39, 0.29) is 5.97 Å². The third kappa shape index (κ3) is 3.30. The summed E-state index contributed by atoms with van der Waals surface area (Å²) < 4.78 is 5.93. The molecule has 2 aromatic rings. The number of carbonyl (C=O) groups is 1. The molecule has 0 radical (unpaired) electrons. The molecule has 94 valence electrons. The first-order chi connectivity index (χ1) is 8.79. The van der Waals surface area contributed by atoms with Crippen molar-refractivity contribution in [2.24, 2.45) is 0 Å². The van der Waals surface area contributed by atoms with E-state index in [1.54, 1.807) is 24.3 Å². The van der Waals surface area contributed by atoms with Crippen LogP contribution in [-0.4, -0.2) is 24.1 Å². The number of aromatic nitrogens is 1. The standard InChI is InChI=1S/C13H14N2O2S/c1-2-17-13(16)4-3-7-14-10-5-6-11-12(8-10)18-9-15-11/h3-6,8-9,14H,2,7H2,1H3/b4-3+. The average molecular weight is 262 g/mol. The summed E-state index contributed by atoms with van der Waals surface area (Å²) in [6.45, 7) is 2.77. The second kappa shape index (κ2) is 6.16. The number of rotatable bonds is 5. The van der Waals surface area contributed by atoms with Crippen molar-refractivity contribution in [3.63, 3.8) is 0 Å². The molecule has 0 bridgehead atoms. The quantitative estimate of drug-likeness (QED) is 0.665. The molecular weight excluding hydrogens is 248 g/mol. The van der Waals surface area contributed by atoms with Gasteiger partial charge in [0.2, 0.25) is 0 Å². The Labute approximate surface area is 109 Å². The van der Waals surface area contributed by atoms with Gasteiger partial charge in [0.25, 0.3) is 0 Å². The van der Waals surface area contributed by atoms with Crippen LogP contribution in [0.2, 0.25) is 0 Å². The fraction of sp³-hybridized carbons (Fsp3) is 0.231. The highest BCUT2D eigenvalue weighted by atomic mass is 32.1. The van der Waals surface area contributed by atoms with Crippen LogP contribution in [0.15, 0.2) is 35.9 Å². The fourth-order valence-electron chi connectivity index (χ4n) is 1.49. The number of nitrogens with one attached hydrogen (secondary N) is 1. The zero-order valence-corrected chi connectivity index (χ0v) is 10.9. The van der Waals surface area contributed by atoms with Crippen molar-refractivity contribution in [3.05, 3.63) is 35.9 Å². The highest BCUT2D eigenvalue weighted by molar-refractivity contribution is 7.16. The lowest BCUT2D eigenvalue weighted by Crippen LogP contribution is -2.02. The van der Waals surface area contributed by atoms with Gasteiger partial charge in [-0.1, -0.05) is 6.08 Å². The number of hydrogen-bond acceptors (Lipinski definition) is 5. The first kappa shape index (κ1) is 12.6. The van der Waals surface area contributed by atoms with Gasteiger partial charge in [0.05, 0.1) is 22.3 Å². The Morgan fingerprint density at radius 2 is 2.44 bits per heavy atom. The summed E-state index contributed by atoms with van der Waals surface area (Å²) in [5.41, 5.74) is 3.85. The molecule has 0 saturated carbocycles. The molecule has 0 aliphatic heterocycles. The van der Waals surface area contributed by atoms with Crippen molar-refractivity contribution < 1.29 is 9.53 Å². The molecule has 1 N–H and O–H groups in total. The molecule has 0 aliphatic rings. The smallest absolute Gasteiger partial charge is 0.330 e. The topological polar surface area (TPSA) is 51.2 Å². The van der Waals surface area contributed by atoms with E-state index >= 15 is 0 Å². The SMILES string of the molecule is CCOC(=O)/C=C/CNc1ccc2ncsc2c1. The molecule has 18 heavy (non-hydrogen) atoms. The van der Waals surface area contributed by atoms with Gasteiger partial charge < -0.3 is 10.1 Å². The van der Waals surface area contributed by atoms with Crippen molar-refractivity contribution in [2.75, 3.05) is 18.5 Å². The van der Waals surface area contributed by atoms with Gasteiger partial charge in [0.1, 0.15) is 0 Å². The summed E-state index contributed by atoms with van der Waals surface area (Å²) in [7, 11) is 0. The van der Waals surface area contributed by atoms with Gasteiger partial charge >= 0.3 is 5.97 Å². The second-order valence-electron chi connectivity index (χ2n) is 3.57. The Morgan fingerprint density at radius 1 is 1.56 bits per heavy atom. The normalized spacial score (nSPS) is 10.9. The minimum Gasteiger partial charge on any atom is -0.463 e. The number of anilines is 1. The van der Waals surface area contributed by atoms with Crippen LogP contribution in [0.4, 0.5) is 5.69 Å². The third-order valence-corrected chi connectivity index (χ3v) is 3.09. The molecule has 0 saturated heterocycles. The van der Waals surface area contributed by atoms with Crippen LogP contribution in [0.1, 0.15) is 6.92 Å². The number of thiazole rings is 1.